The van der Waals surface area contributed by atoms with Crippen molar-refractivity contribution in [2.45, 2.75) is 26.0 Å². The van der Waals surface area contributed by atoms with Gasteiger partial charge in [-0.05, 0) is 12.0 Å². The van der Waals surface area contributed by atoms with Gasteiger partial charge in [0, 0.05) is 12.1 Å². The molecule has 0 aliphatic carbocycles. The van der Waals surface area contributed by atoms with Crippen LogP contribution in [0.4, 0.5) is 0 Å². The number of para-hydroxylation sites is 1. The Labute approximate surface area is 136 Å². The Balaban J connectivity index is 2.42. The van der Waals surface area contributed by atoms with Crippen LogP contribution in [0.25, 0.3) is 0 Å². The van der Waals surface area contributed by atoms with Gasteiger partial charge in [0.15, 0.2) is 0 Å². The second-order valence-corrected chi connectivity index (χ2v) is 5.55. The molecule has 2 atom stereocenters. The highest BCUT2D eigenvalue weighted by atomic mass is 16.5. The quantitative estimate of drug-likeness (QED) is 0.535. The summed E-state index contributed by atoms with van der Waals surface area (Å²) in [7, 11) is 1.51. The van der Waals surface area contributed by atoms with Crippen molar-refractivity contribution >= 4 is 11.8 Å². The molecular formula is C16H25N3O4. The van der Waals surface area contributed by atoms with Crippen LogP contribution in [0.1, 0.15) is 25.5 Å². The van der Waals surface area contributed by atoms with Crippen molar-refractivity contribution in [1.82, 2.24) is 10.6 Å². The molecule has 7 nitrogen and oxygen atoms in total. The molecule has 1 rings (SSSR count). The van der Waals surface area contributed by atoms with Crippen LogP contribution in [-0.4, -0.2) is 43.2 Å². The zero-order valence-corrected chi connectivity index (χ0v) is 13.7. The monoisotopic (exact) mass is 323 g/mol. The molecule has 0 heterocycles. The van der Waals surface area contributed by atoms with E-state index in [1.807, 2.05) is 13.8 Å². The minimum absolute atomic E-state index is 0.00886. The number of carbonyl (C=O) groups excluding carboxylic acids is 2. The maximum Gasteiger partial charge on any atom is 0.239 e. The molecule has 23 heavy (non-hydrogen) atoms. The maximum atomic E-state index is 11.7. The van der Waals surface area contributed by atoms with E-state index in [-0.39, 0.29) is 24.9 Å². The van der Waals surface area contributed by atoms with Gasteiger partial charge in [-0.25, -0.2) is 0 Å². The van der Waals surface area contributed by atoms with Gasteiger partial charge < -0.3 is 26.2 Å². The fourth-order valence-electron chi connectivity index (χ4n) is 1.91. The second-order valence-electron chi connectivity index (χ2n) is 5.55. The number of amides is 2. The largest absolute Gasteiger partial charge is 0.496 e. The fraction of sp³-hybridized carbons (Fsp3) is 0.500. The number of hydrogen-bond donors (Lipinski definition) is 4. The Morgan fingerprint density at radius 2 is 1.91 bits per heavy atom. The number of nitrogens with one attached hydrogen (secondary N) is 2. The van der Waals surface area contributed by atoms with E-state index in [2.05, 4.69) is 10.6 Å². The number of carbonyl (C=O) groups is 2. The average molecular weight is 323 g/mol. The molecule has 0 fully saturated rings. The summed E-state index contributed by atoms with van der Waals surface area (Å²) in [5.41, 5.74) is 6.26. The third-order valence-electron chi connectivity index (χ3n) is 3.43. The topological polar surface area (TPSA) is 114 Å². The number of aliphatic hydroxyl groups is 1. The van der Waals surface area contributed by atoms with Crippen LogP contribution < -0.4 is 21.1 Å². The van der Waals surface area contributed by atoms with Gasteiger partial charge in [-0.2, -0.15) is 0 Å². The lowest BCUT2D eigenvalue weighted by atomic mass is 10.1. The van der Waals surface area contributed by atoms with Gasteiger partial charge >= 0.3 is 0 Å². The van der Waals surface area contributed by atoms with Gasteiger partial charge in [-0.1, -0.05) is 32.0 Å². The highest BCUT2D eigenvalue weighted by Gasteiger charge is 2.18. The number of hydrogen-bond acceptors (Lipinski definition) is 5. The summed E-state index contributed by atoms with van der Waals surface area (Å²) >= 11 is 0. The predicted octanol–water partition coefficient (Wildman–Crippen LogP) is -0.0557. The lowest BCUT2D eigenvalue weighted by Gasteiger charge is -2.17. The first kappa shape index (κ1) is 18.9. The molecule has 0 aliphatic heterocycles. The summed E-state index contributed by atoms with van der Waals surface area (Å²) < 4.78 is 5.16. The van der Waals surface area contributed by atoms with E-state index in [0.29, 0.717) is 11.3 Å². The predicted molar refractivity (Wildman–Crippen MR) is 86.8 cm³/mol. The Kier molecular flexibility index (Phi) is 7.50. The van der Waals surface area contributed by atoms with Gasteiger partial charge in [0.05, 0.1) is 25.8 Å². The number of aliphatic hydroxyl groups excluding tert-OH is 1. The molecule has 0 bridgehead atoms. The Morgan fingerprint density at radius 1 is 1.26 bits per heavy atom. The lowest BCUT2D eigenvalue weighted by molar-refractivity contribution is -0.127. The Morgan fingerprint density at radius 3 is 2.52 bits per heavy atom. The molecule has 0 aromatic heterocycles. The van der Waals surface area contributed by atoms with Crippen LogP contribution in [0.15, 0.2) is 24.3 Å². The van der Waals surface area contributed by atoms with Crippen LogP contribution in [0.3, 0.4) is 0 Å². The van der Waals surface area contributed by atoms with Crippen molar-refractivity contribution in [3.05, 3.63) is 29.8 Å². The van der Waals surface area contributed by atoms with Gasteiger partial charge in [-0.15, -0.1) is 0 Å². The molecule has 128 valence electrons. The van der Waals surface area contributed by atoms with Gasteiger partial charge in [0.25, 0.3) is 0 Å². The van der Waals surface area contributed by atoms with Crippen LogP contribution in [0.2, 0.25) is 0 Å². The van der Waals surface area contributed by atoms with E-state index in [4.69, 9.17) is 10.5 Å². The smallest absolute Gasteiger partial charge is 0.239 e. The first-order valence-electron chi connectivity index (χ1n) is 7.47. The first-order chi connectivity index (χ1) is 10.9. The van der Waals surface area contributed by atoms with Gasteiger partial charge in [-0.3, -0.25) is 9.59 Å². The zero-order valence-electron chi connectivity index (χ0n) is 13.7. The molecular weight excluding hydrogens is 298 g/mol. The van der Waals surface area contributed by atoms with Crippen molar-refractivity contribution in [2.24, 2.45) is 11.7 Å². The third kappa shape index (κ3) is 5.88. The highest BCUT2D eigenvalue weighted by molar-refractivity contribution is 5.87. The maximum absolute atomic E-state index is 11.7. The average Bonchev–Trinajstić information content (AvgIpc) is 2.56. The van der Waals surface area contributed by atoms with Crippen molar-refractivity contribution < 1.29 is 19.4 Å². The number of ether oxygens (including phenoxy) is 1. The molecule has 5 N–H and O–H groups in total. The molecule has 0 saturated heterocycles. The van der Waals surface area contributed by atoms with Crippen molar-refractivity contribution in [3.63, 3.8) is 0 Å². The van der Waals surface area contributed by atoms with E-state index in [0.717, 1.165) is 0 Å². The van der Waals surface area contributed by atoms with Crippen LogP contribution in [0, 0.1) is 5.92 Å². The van der Waals surface area contributed by atoms with E-state index >= 15 is 0 Å². The van der Waals surface area contributed by atoms with Gasteiger partial charge in [0.1, 0.15) is 5.75 Å². The number of methoxy groups -OCH3 is 1. The Bertz CT molecular complexity index is 534. The summed E-state index contributed by atoms with van der Waals surface area (Å²) in [5.74, 6) is -0.237. The summed E-state index contributed by atoms with van der Waals surface area (Å²) in [6.07, 6.45) is -0.899. The molecule has 0 radical (unpaired) electrons. The molecule has 2 amide bonds. The Hall–Kier alpha value is -2.12. The van der Waals surface area contributed by atoms with Crippen LogP contribution >= 0.6 is 0 Å². The molecule has 0 saturated carbocycles. The molecule has 0 spiro atoms. The molecule has 1 aromatic carbocycles. The summed E-state index contributed by atoms with van der Waals surface area (Å²) in [4.78, 5) is 23.4. The third-order valence-corrected chi connectivity index (χ3v) is 3.43. The van der Waals surface area contributed by atoms with Crippen molar-refractivity contribution in [2.75, 3.05) is 20.2 Å². The van der Waals surface area contributed by atoms with E-state index < -0.39 is 18.1 Å². The first-order valence-corrected chi connectivity index (χ1v) is 7.47. The van der Waals surface area contributed by atoms with Gasteiger partial charge in [0.2, 0.25) is 11.8 Å². The number of benzene rings is 1. The normalized spacial score (nSPS) is 13.3. The van der Waals surface area contributed by atoms with E-state index in [1.165, 1.54) is 7.11 Å². The second kappa shape index (κ2) is 9.12. The number of rotatable bonds is 8. The van der Waals surface area contributed by atoms with E-state index in [1.54, 1.807) is 24.3 Å². The standard InChI is InChI=1S/C16H25N3O4/c1-10(2)15(17)16(22)19-9-14(21)18-8-12(20)11-6-4-5-7-13(11)23-3/h4-7,10,12,15,20H,8-9,17H2,1-3H3,(H,18,21)(H,19,22)/t12?,15-/m0/s1. The number of nitrogens with two attached hydrogens (primary N) is 1. The van der Waals surface area contributed by atoms with Crippen LogP contribution in [-0.2, 0) is 9.59 Å². The highest BCUT2D eigenvalue weighted by Crippen LogP contribution is 2.23. The van der Waals surface area contributed by atoms with E-state index in [9.17, 15) is 14.7 Å². The molecule has 0 aliphatic rings. The summed E-state index contributed by atoms with van der Waals surface area (Å²) in [6.45, 7) is 3.49. The SMILES string of the molecule is COc1ccccc1C(O)CNC(=O)CNC(=O)[C@@H](N)C(C)C. The molecule has 7 heteroatoms. The lowest BCUT2D eigenvalue weighted by Crippen LogP contribution is -2.47. The minimum Gasteiger partial charge on any atom is -0.496 e. The molecule has 1 unspecified atom stereocenters. The summed E-state index contributed by atoms with van der Waals surface area (Å²) in [6, 6.07) is 6.37. The molecule has 1 aromatic rings. The fourth-order valence-corrected chi connectivity index (χ4v) is 1.91. The minimum atomic E-state index is -0.899. The van der Waals surface area contributed by atoms with Crippen LogP contribution in [0.5, 0.6) is 5.75 Å². The summed E-state index contributed by atoms with van der Waals surface area (Å²) in [5, 5.41) is 15.1. The van der Waals surface area contributed by atoms with Crippen molar-refractivity contribution in [1.29, 1.82) is 0 Å². The zero-order chi connectivity index (χ0) is 17.4. The van der Waals surface area contributed by atoms with Crippen molar-refractivity contribution in [3.8, 4) is 5.75 Å².